The maximum atomic E-state index is 12.7. The van der Waals surface area contributed by atoms with Crippen LogP contribution in [-0.4, -0.2) is 37.4 Å². The van der Waals surface area contributed by atoms with Gasteiger partial charge in [-0.05, 0) is 37.0 Å². The average Bonchev–Trinajstić information content (AvgIpc) is 3.24. The lowest BCUT2D eigenvalue weighted by Gasteiger charge is -2.15. The first-order chi connectivity index (χ1) is 14.1. The summed E-state index contributed by atoms with van der Waals surface area (Å²) in [5.41, 5.74) is 7.13. The molecule has 3 aromatic rings. The lowest BCUT2D eigenvalue weighted by atomic mass is 10.0. The maximum absolute atomic E-state index is 12.7. The molecule has 0 aliphatic heterocycles. The van der Waals surface area contributed by atoms with Gasteiger partial charge in [0.1, 0.15) is 5.69 Å². The van der Waals surface area contributed by atoms with Crippen molar-refractivity contribution in [1.29, 1.82) is 0 Å². The van der Waals surface area contributed by atoms with E-state index in [4.69, 9.17) is 5.73 Å². The zero-order chi connectivity index (χ0) is 20.6. The summed E-state index contributed by atoms with van der Waals surface area (Å²) < 4.78 is 8.16. The molecule has 29 heavy (non-hydrogen) atoms. The number of nitrogens with zero attached hydrogens (tertiary/aromatic N) is 3. The Morgan fingerprint density at radius 2 is 1.79 bits per heavy atom. The minimum absolute atomic E-state index is 0.0547. The van der Waals surface area contributed by atoms with Crippen LogP contribution in [0.2, 0.25) is 0 Å². The fourth-order valence-electron chi connectivity index (χ4n) is 2.83. The summed E-state index contributed by atoms with van der Waals surface area (Å²) >= 11 is 0.869. The van der Waals surface area contributed by atoms with Gasteiger partial charge in [-0.15, -0.1) is 0 Å². The number of aryl methyl sites for hydroxylation is 1. The molecule has 0 spiro atoms. The number of rotatable bonds is 9. The summed E-state index contributed by atoms with van der Waals surface area (Å²) in [4.78, 5) is 40.5. The summed E-state index contributed by atoms with van der Waals surface area (Å²) in [7, 11) is 0. The Labute approximate surface area is 171 Å². The normalized spacial score (nSPS) is 11.6. The topological polar surface area (TPSA) is 128 Å². The Morgan fingerprint density at radius 1 is 1.03 bits per heavy atom. The van der Waals surface area contributed by atoms with Crippen LogP contribution in [0.5, 0.6) is 0 Å². The summed E-state index contributed by atoms with van der Waals surface area (Å²) in [5.74, 6) is -2.52. The zero-order valence-electron chi connectivity index (χ0n) is 15.4. The second-order valence-electron chi connectivity index (χ2n) is 6.31. The van der Waals surface area contributed by atoms with Crippen LogP contribution in [0, 0.1) is 0 Å². The van der Waals surface area contributed by atoms with Crippen molar-refractivity contribution in [3.8, 4) is 11.4 Å². The number of carbonyl (C=O) groups is 3. The number of hydrogen-bond donors (Lipinski definition) is 2. The second-order valence-corrected chi connectivity index (χ2v) is 6.84. The molecule has 0 aliphatic carbocycles. The van der Waals surface area contributed by atoms with Crippen LogP contribution in [0.3, 0.4) is 0 Å². The summed E-state index contributed by atoms with van der Waals surface area (Å²) in [6.07, 6.45) is 3.16. The Morgan fingerprint density at radius 3 is 2.48 bits per heavy atom. The first-order valence-corrected chi connectivity index (χ1v) is 9.71. The predicted octanol–water partition coefficient (Wildman–Crippen LogP) is 1.78. The van der Waals surface area contributed by atoms with Gasteiger partial charge < -0.3 is 11.1 Å². The van der Waals surface area contributed by atoms with Crippen LogP contribution < -0.4 is 11.1 Å². The maximum Gasteiger partial charge on any atom is 0.287 e. The van der Waals surface area contributed by atoms with E-state index in [9.17, 15) is 14.4 Å². The van der Waals surface area contributed by atoms with E-state index in [1.54, 1.807) is 24.4 Å². The molecule has 3 rings (SSSR count). The molecule has 0 saturated carbocycles. The standard InChI is InChI=1S/C20H19N5O3S/c21-19(27)18(26)15(11-6-9-13-7-2-1-3-8-13)23-20(28)17-16(24-29-25-17)14-10-4-5-12-22-14/h1-5,7-8,10,12,15H,6,9,11H2,(H2,21,27)(H,23,28). The summed E-state index contributed by atoms with van der Waals surface area (Å²) in [5, 5.41) is 2.58. The van der Waals surface area contributed by atoms with Gasteiger partial charge in [-0.1, -0.05) is 36.4 Å². The third kappa shape index (κ3) is 5.29. The number of aromatic nitrogens is 3. The molecule has 8 nitrogen and oxygen atoms in total. The van der Waals surface area contributed by atoms with Crippen LogP contribution in [0.1, 0.15) is 28.9 Å². The van der Waals surface area contributed by atoms with Crippen molar-refractivity contribution in [3.63, 3.8) is 0 Å². The van der Waals surface area contributed by atoms with Crippen molar-refractivity contribution in [2.24, 2.45) is 5.73 Å². The van der Waals surface area contributed by atoms with E-state index in [1.807, 2.05) is 30.3 Å². The Bertz CT molecular complexity index is 992. The first-order valence-electron chi connectivity index (χ1n) is 8.98. The van der Waals surface area contributed by atoms with E-state index in [2.05, 4.69) is 19.0 Å². The molecule has 148 valence electrons. The zero-order valence-corrected chi connectivity index (χ0v) is 16.3. The molecule has 0 radical (unpaired) electrons. The lowest BCUT2D eigenvalue weighted by molar-refractivity contribution is -0.137. The molecule has 1 aromatic carbocycles. The summed E-state index contributed by atoms with van der Waals surface area (Å²) in [6.45, 7) is 0. The van der Waals surface area contributed by atoms with E-state index in [0.717, 1.165) is 17.3 Å². The van der Waals surface area contributed by atoms with Gasteiger partial charge in [0.15, 0.2) is 5.69 Å². The van der Waals surface area contributed by atoms with Crippen molar-refractivity contribution < 1.29 is 14.4 Å². The first kappa shape index (κ1) is 20.3. The average molecular weight is 409 g/mol. The SMILES string of the molecule is NC(=O)C(=O)C(CCCc1ccccc1)NC(=O)c1nsnc1-c1ccccn1. The second kappa shape index (κ2) is 9.65. The quantitative estimate of drug-likeness (QED) is 0.519. The highest BCUT2D eigenvalue weighted by molar-refractivity contribution is 6.99. The highest BCUT2D eigenvalue weighted by atomic mass is 32.1. The van der Waals surface area contributed by atoms with Crippen molar-refractivity contribution in [2.75, 3.05) is 0 Å². The molecule has 2 heterocycles. The molecule has 0 saturated heterocycles. The predicted molar refractivity (Wildman–Crippen MR) is 108 cm³/mol. The Kier molecular flexibility index (Phi) is 6.75. The van der Waals surface area contributed by atoms with Crippen molar-refractivity contribution >= 4 is 29.3 Å². The smallest absolute Gasteiger partial charge is 0.287 e. The minimum atomic E-state index is -1.09. The van der Waals surface area contributed by atoms with E-state index >= 15 is 0 Å². The van der Waals surface area contributed by atoms with Gasteiger partial charge in [0.05, 0.1) is 23.5 Å². The number of primary amides is 1. The Hall–Kier alpha value is -3.46. The van der Waals surface area contributed by atoms with Crippen molar-refractivity contribution in [2.45, 2.75) is 25.3 Å². The molecule has 9 heteroatoms. The van der Waals surface area contributed by atoms with Gasteiger partial charge in [0.25, 0.3) is 11.8 Å². The highest BCUT2D eigenvalue weighted by Crippen LogP contribution is 2.19. The molecule has 3 N–H and O–H groups in total. The minimum Gasteiger partial charge on any atom is -0.363 e. The third-order valence-corrected chi connectivity index (χ3v) is 4.81. The molecule has 0 bridgehead atoms. The largest absolute Gasteiger partial charge is 0.363 e. The molecule has 0 fully saturated rings. The third-order valence-electron chi connectivity index (χ3n) is 4.28. The number of hydrogen-bond acceptors (Lipinski definition) is 7. The van der Waals surface area contributed by atoms with E-state index in [0.29, 0.717) is 24.2 Å². The van der Waals surface area contributed by atoms with Crippen LogP contribution in [0.15, 0.2) is 54.7 Å². The van der Waals surface area contributed by atoms with Gasteiger partial charge >= 0.3 is 0 Å². The van der Waals surface area contributed by atoms with Gasteiger partial charge in [-0.3, -0.25) is 19.4 Å². The number of nitrogens with one attached hydrogen (secondary N) is 1. The lowest BCUT2D eigenvalue weighted by Crippen LogP contribution is -2.46. The van der Waals surface area contributed by atoms with Gasteiger partial charge in [0.2, 0.25) is 5.78 Å². The van der Waals surface area contributed by atoms with Gasteiger partial charge in [0, 0.05) is 6.20 Å². The van der Waals surface area contributed by atoms with E-state index < -0.39 is 23.6 Å². The fourth-order valence-corrected chi connectivity index (χ4v) is 3.38. The van der Waals surface area contributed by atoms with Gasteiger partial charge in [-0.2, -0.15) is 8.75 Å². The molecule has 2 amide bonds. The van der Waals surface area contributed by atoms with Crippen LogP contribution >= 0.6 is 11.7 Å². The van der Waals surface area contributed by atoms with Crippen molar-refractivity contribution in [1.82, 2.24) is 19.0 Å². The molecule has 2 aromatic heterocycles. The van der Waals surface area contributed by atoms with E-state index in [-0.39, 0.29) is 12.1 Å². The van der Waals surface area contributed by atoms with Crippen LogP contribution in [0.25, 0.3) is 11.4 Å². The Balaban J connectivity index is 1.71. The number of nitrogens with two attached hydrogens (primary N) is 1. The van der Waals surface area contributed by atoms with Crippen molar-refractivity contribution in [3.05, 3.63) is 66.0 Å². The molecule has 1 unspecified atom stereocenters. The van der Waals surface area contributed by atoms with Crippen LogP contribution in [0.4, 0.5) is 0 Å². The van der Waals surface area contributed by atoms with Crippen LogP contribution in [-0.2, 0) is 16.0 Å². The number of amides is 2. The van der Waals surface area contributed by atoms with Gasteiger partial charge in [-0.25, -0.2) is 0 Å². The molecule has 0 aliphatic rings. The molecular formula is C20H19N5O3S. The monoisotopic (exact) mass is 409 g/mol. The number of benzene rings is 1. The molecular weight excluding hydrogens is 390 g/mol. The number of pyridine rings is 1. The number of ketones is 1. The van der Waals surface area contributed by atoms with E-state index in [1.165, 1.54) is 0 Å². The fraction of sp³-hybridized carbons (Fsp3) is 0.200. The summed E-state index contributed by atoms with van der Waals surface area (Å²) in [6, 6.07) is 13.9. The molecule has 1 atom stereocenters. The number of carbonyl (C=O) groups excluding carboxylic acids is 3. The number of Topliss-reactive ketones (excluding diaryl/α,β-unsaturated/α-hetero) is 1. The highest BCUT2D eigenvalue weighted by Gasteiger charge is 2.27.